The van der Waals surface area contributed by atoms with Crippen LogP contribution in [0.4, 0.5) is 23.1 Å². The van der Waals surface area contributed by atoms with Gasteiger partial charge in [-0.1, -0.05) is 36.4 Å². The predicted molar refractivity (Wildman–Crippen MR) is 96.8 cm³/mol. The number of nitrogens with one attached hydrogen (secondary N) is 2. The van der Waals surface area contributed by atoms with Gasteiger partial charge >= 0.3 is 0 Å². The molecule has 0 fully saturated rings. The van der Waals surface area contributed by atoms with Crippen LogP contribution < -0.4 is 10.6 Å². The molecule has 0 aliphatic carbocycles. The van der Waals surface area contributed by atoms with Gasteiger partial charge in [0.05, 0.1) is 17.4 Å². The second kappa shape index (κ2) is 6.34. The molecule has 0 aliphatic rings. The summed E-state index contributed by atoms with van der Waals surface area (Å²) in [7, 11) is 0. The Balaban J connectivity index is 1.56. The maximum absolute atomic E-state index is 4.48. The highest BCUT2D eigenvalue weighted by molar-refractivity contribution is 5.82. The summed E-state index contributed by atoms with van der Waals surface area (Å²) in [5.74, 6) is 1.25. The Morgan fingerprint density at radius 3 is 2.46 bits per heavy atom. The third-order valence-corrected chi connectivity index (χ3v) is 3.55. The van der Waals surface area contributed by atoms with E-state index < -0.39 is 0 Å². The molecular weight excluding hydrogens is 298 g/mol. The van der Waals surface area contributed by atoms with Crippen molar-refractivity contribution in [3.63, 3.8) is 0 Å². The van der Waals surface area contributed by atoms with E-state index in [1.54, 1.807) is 12.4 Å². The Morgan fingerprint density at radius 2 is 1.54 bits per heavy atom. The fourth-order valence-corrected chi connectivity index (χ4v) is 2.43. The number of aromatic nitrogens is 3. The minimum Gasteiger partial charge on any atom is -0.339 e. The highest BCUT2D eigenvalue weighted by Crippen LogP contribution is 2.20. The van der Waals surface area contributed by atoms with Gasteiger partial charge < -0.3 is 10.6 Å². The smallest absolute Gasteiger partial charge is 0.229 e. The van der Waals surface area contributed by atoms with Crippen molar-refractivity contribution in [1.82, 2.24) is 15.0 Å². The summed E-state index contributed by atoms with van der Waals surface area (Å²) in [6.07, 6.45) is 3.52. The second-order valence-electron chi connectivity index (χ2n) is 5.30. The average molecular weight is 313 g/mol. The standard InChI is InChI=1S/C19H15N5/c1-2-7-15(8-3-1)23-19-20-11-10-18(24-19)22-16-12-14-6-4-5-9-17(14)21-13-16/h1-13H,(H2,20,22,23,24). The number of hydrogen-bond acceptors (Lipinski definition) is 5. The number of rotatable bonds is 4. The highest BCUT2D eigenvalue weighted by atomic mass is 15.1. The van der Waals surface area contributed by atoms with Crippen molar-refractivity contribution in [2.24, 2.45) is 0 Å². The van der Waals surface area contributed by atoms with Crippen molar-refractivity contribution >= 4 is 34.0 Å². The van der Waals surface area contributed by atoms with E-state index in [9.17, 15) is 0 Å². The topological polar surface area (TPSA) is 62.7 Å². The van der Waals surface area contributed by atoms with Crippen LogP contribution >= 0.6 is 0 Å². The first-order valence-electron chi connectivity index (χ1n) is 7.64. The van der Waals surface area contributed by atoms with E-state index in [0.717, 1.165) is 22.3 Å². The fourth-order valence-electron chi connectivity index (χ4n) is 2.43. The van der Waals surface area contributed by atoms with Crippen molar-refractivity contribution in [2.75, 3.05) is 10.6 Å². The summed E-state index contributed by atoms with van der Waals surface area (Å²) in [5.41, 5.74) is 2.80. The summed E-state index contributed by atoms with van der Waals surface area (Å²) in [5, 5.41) is 7.53. The van der Waals surface area contributed by atoms with Crippen LogP contribution in [0.1, 0.15) is 0 Å². The quantitative estimate of drug-likeness (QED) is 0.580. The van der Waals surface area contributed by atoms with Crippen LogP contribution in [0.2, 0.25) is 0 Å². The first-order chi connectivity index (χ1) is 11.9. The molecule has 2 heterocycles. The zero-order valence-corrected chi connectivity index (χ0v) is 12.8. The molecule has 116 valence electrons. The van der Waals surface area contributed by atoms with E-state index in [1.807, 2.05) is 60.7 Å². The summed E-state index contributed by atoms with van der Waals surface area (Å²) in [4.78, 5) is 13.2. The number of nitrogens with zero attached hydrogens (tertiary/aromatic N) is 3. The zero-order valence-electron chi connectivity index (χ0n) is 12.8. The van der Waals surface area contributed by atoms with Crippen LogP contribution in [0.15, 0.2) is 79.1 Å². The Hall–Kier alpha value is -3.47. The van der Waals surface area contributed by atoms with Gasteiger partial charge in [-0.3, -0.25) is 4.98 Å². The van der Waals surface area contributed by atoms with E-state index in [2.05, 4.69) is 31.7 Å². The van der Waals surface area contributed by atoms with Crippen LogP contribution in [0.5, 0.6) is 0 Å². The molecule has 0 saturated carbocycles. The molecular formula is C19H15N5. The number of fused-ring (bicyclic) bond motifs is 1. The van der Waals surface area contributed by atoms with Crippen LogP contribution in [-0.4, -0.2) is 15.0 Å². The van der Waals surface area contributed by atoms with Crippen molar-refractivity contribution in [3.05, 3.63) is 79.1 Å². The molecule has 0 unspecified atom stereocenters. The number of benzene rings is 2. The fraction of sp³-hybridized carbons (Fsp3) is 0. The van der Waals surface area contributed by atoms with Crippen LogP contribution in [0.3, 0.4) is 0 Å². The Kier molecular flexibility index (Phi) is 3.73. The summed E-state index contributed by atoms with van der Waals surface area (Å²) in [6.45, 7) is 0. The van der Waals surface area contributed by atoms with E-state index >= 15 is 0 Å². The zero-order chi connectivity index (χ0) is 16.2. The predicted octanol–water partition coefficient (Wildman–Crippen LogP) is 4.51. The van der Waals surface area contributed by atoms with Gasteiger partial charge in [0.2, 0.25) is 5.95 Å². The van der Waals surface area contributed by atoms with Crippen LogP contribution in [0, 0.1) is 0 Å². The van der Waals surface area contributed by atoms with Gasteiger partial charge in [0, 0.05) is 17.3 Å². The second-order valence-corrected chi connectivity index (χ2v) is 5.30. The molecule has 4 aromatic rings. The lowest BCUT2D eigenvalue weighted by Crippen LogP contribution is -2.00. The molecule has 0 saturated heterocycles. The average Bonchev–Trinajstić information content (AvgIpc) is 2.63. The number of anilines is 4. The molecule has 0 aliphatic heterocycles. The minimum absolute atomic E-state index is 0.542. The van der Waals surface area contributed by atoms with Gasteiger partial charge in [-0.05, 0) is 30.3 Å². The SMILES string of the molecule is c1ccc(Nc2nccc(Nc3cnc4ccccc4c3)n2)cc1. The van der Waals surface area contributed by atoms with Crippen molar-refractivity contribution in [2.45, 2.75) is 0 Å². The minimum atomic E-state index is 0.542. The van der Waals surface area contributed by atoms with Crippen molar-refractivity contribution in [3.8, 4) is 0 Å². The lowest BCUT2D eigenvalue weighted by Gasteiger charge is -2.09. The van der Waals surface area contributed by atoms with Crippen LogP contribution in [0.25, 0.3) is 10.9 Å². The molecule has 0 atom stereocenters. The summed E-state index contributed by atoms with van der Waals surface area (Å²) in [6, 6.07) is 21.7. The summed E-state index contributed by atoms with van der Waals surface area (Å²) < 4.78 is 0. The van der Waals surface area contributed by atoms with Gasteiger partial charge in [-0.15, -0.1) is 0 Å². The lowest BCUT2D eigenvalue weighted by molar-refractivity contribution is 1.16. The molecule has 5 heteroatoms. The van der Waals surface area contributed by atoms with E-state index in [-0.39, 0.29) is 0 Å². The lowest BCUT2D eigenvalue weighted by atomic mass is 10.2. The Bertz CT molecular complexity index is 969. The van der Waals surface area contributed by atoms with Gasteiger partial charge in [0.25, 0.3) is 0 Å². The number of hydrogen-bond donors (Lipinski definition) is 2. The molecule has 0 radical (unpaired) electrons. The molecule has 24 heavy (non-hydrogen) atoms. The normalized spacial score (nSPS) is 10.5. The largest absolute Gasteiger partial charge is 0.339 e. The third-order valence-electron chi connectivity index (χ3n) is 3.55. The van der Waals surface area contributed by atoms with Gasteiger partial charge in [-0.2, -0.15) is 4.98 Å². The Labute approximate surface area is 139 Å². The number of pyridine rings is 1. The van der Waals surface area contributed by atoms with Gasteiger partial charge in [0.1, 0.15) is 5.82 Å². The molecule has 2 aromatic carbocycles. The van der Waals surface area contributed by atoms with Crippen LogP contribution in [-0.2, 0) is 0 Å². The summed E-state index contributed by atoms with van der Waals surface area (Å²) >= 11 is 0. The van der Waals surface area contributed by atoms with Crippen molar-refractivity contribution in [1.29, 1.82) is 0 Å². The first kappa shape index (κ1) is 14.1. The van der Waals surface area contributed by atoms with E-state index in [1.165, 1.54) is 0 Å². The first-order valence-corrected chi connectivity index (χ1v) is 7.64. The third kappa shape index (κ3) is 3.15. The molecule has 5 nitrogen and oxygen atoms in total. The molecule has 2 aromatic heterocycles. The maximum atomic E-state index is 4.48. The molecule has 0 bridgehead atoms. The molecule has 4 rings (SSSR count). The van der Waals surface area contributed by atoms with E-state index in [4.69, 9.17) is 0 Å². The highest BCUT2D eigenvalue weighted by Gasteiger charge is 2.02. The van der Waals surface area contributed by atoms with Gasteiger partial charge in [0.15, 0.2) is 0 Å². The van der Waals surface area contributed by atoms with Gasteiger partial charge in [-0.25, -0.2) is 4.98 Å². The Morgan fingerprint density at radius 1 is 0.708 bits per heavy atom. The van der Waals surface area contributed by atoms with E-state index in [0.29, 0.717) is 11.8 Å². The molecule has 2 N–H and O–H groups in total. The molecule has 0 spiro atoms. The maximum Gasteiger partial charge on any atom is 0.229 e. The molecule has 0 amide bonds. The number of para-hydroxylation sites is 2. The monoisotopic (exact) mass is 313 g/mol. The van der Waals surface area contributed by atoms with Crippen molar-refractivity contribution < 1.29 is 0 Å².